The quantitative estimate of drug-likeness (QED) is 0.223. The van der Waals surface area contributed by atoms with Gasteiger partial charge in [0, 0.05) is 5.56 Å². The average molecular weight is 502 g/mol. The lowest BCUT2D eigenvalue weighted by Crippen LogP contribution is -2.27. The van der Waals surface area contributed by atoms with Crippen LogP contribution in [0.1, 0.15) is 16.7 Å². The van der Waals surface area contributed by atoms with Gasteiger partial charge in [-0.15, -0.1) is 0 Å². The highest BCUT2D eigenvalue weighted by Crippen LogP contribution is 2.38. The molecule has 0 aromatic heterocycles. The van der Waals surface area contributed by atoms with Gasteiger partial charge in [-0.2, -0.15) is 0 Å². The van der Waals surface area contributed by atoms with Gasteiger partial charge in [-0.1, -0.05) is 103 Å². The zero-order valence-electron chi connectivity index (χ0n) is 20.0. The van der Waals surface area contributed by atoms with Gasteiger partial charge in [0.15, 0.2) is 0 Å². The summed E-state index contributed by atoms with van der Waals surface area (Å²) in [5, 5.41) is 3.86. The minimum Gasteiger partial charge on any atom is -0.488 e. The molecule has 0 spiro atoms. The third-order valence-electron chi connectivity index (χ3n) is 6.53. The van der Waals surface area contributed by atoms with Crippen molar-refractivity contribution in [1.82, 2.24) is 4.90 Å². The van der Waals surface area contributed by atoms with E-state index < -0.39 is 0 Å². The minimum absolute atomic E-state index is 0.232. The number of nitrogens with zero attached hydrogens (tertiary/aromatic N) is 1. The standard InChI is InChI=1S/C32H23NO3S/c34-31-30(37-32(35)33(31)20-25-14-8-13-23-11-4-6-15-26(23)25)19-28-27-16-7-5-12-24(27)17-18-29(28)36-21-22-9-2-1-3-10-22/h1-19H,20-21H2/b30-19+. The van der Waals surface area contributed by atoms with Gasteiger partial charge in [-0.25, -0.2) is 0 Å². The minimum atomic E-state index is -0.287. The predicted octanol–water partition coefficient (Wildman–Crippen LogP) is 7.81. The molecule has 37 heavy (non-hydrogen) atoms. The van der Waals surface area contributed by atoms with Crippen LogP contribution in [-0.2, 0) is 17.9 Å². The van der Waals surface area contributed by atoms with E-state index in [1.807, 2.05) is 109 Å². The molecule has 0 radical (unpaired) electrons. The smallest absolute Gasteiger partial charge is 0.293 e. The molecule has 1 saturated heterocycles. The largest absolute Gasteiger partial charge is 0.488 e. The summed E-state index contributed by atoms with van der Waals surface area (Å²) in [6, 6.07) is 35.8. The van der Waals surface area contributed by atoms with Crippen LogP contribution in [-0.4, -0.2) is 16.0 Å². The average Bonchev–Trinajstić information content (AvgIpc) is 3.20. The van der Waals surface area contributed by atoms with Gasteiger partial charge in [0.1, 0.15) is 12.4 Å². The number of hydrogen-bond acceptors (Lipinski definition) is 4. The molecular weight excluding hydrogens is 478 g/mol. The van der Waals surface area contributed by atoms with Crippen molar-refractivity contribution in [3.05, 3.63) is 131 Å². The first kappa shape index (κ1) is 23.1. The number of benzene rings is 5. The molecule has 6 rings (SSSR count). The number of fused-ring (bicyclic) bond motifs is 2. The molecule has 1 fully saturated rings. The van der Waals surface area contributed by atoms with Crippen molar-refractivity contribution in [1.29, 1.82) is 0 Å². The Kier molecular flexibility index (Phi) is 6.21. The van der Waals surface area contributed by atoms with Gasteiger partial charge in [0.25, 0.3) is 11.1 Å². The fraction of sp³-hybridized carbons (Fsp3) is 0.0625. The SMILES string of the molecule is O=C1S/C(=C/c2c(OCc3ccccc3)ccc3ccccc23)C(=O)N1Cc1cccc2ccccc12. The molecule has 1 heterocycles. The molecule has 1 aliphatic heterocycles. The highest BCUT2D eigenvalue weighted by Gasteiger charge is 2.35. The lowest BCUT2D eigenvalue weighted by Gasteiger charge is -2.15. The molecule has 0 aliphatic carbocycles. The Morgan fingerprint density at radius 2 is 1.38 bits per heavy atom. The zero-order chi connectivity index (χ0) is 25.2. The van der Waals surface area contributed by atoms with Gasteiger partial charge in [0.05, 0.1) is 11.4 Å². The van der Waals surface area contributed by atoms with Gasteiger partial charge >= 0.3 is 0 Å². The van der Waals surface area contributed by atoms with E-state index in [2.05, 4.69) is 0 Å². The van der Waals surface area contributed by atoms with Crippen LogP contribution in [0, 0.1) is 0 Å². The van der Waals surface area contributed by atoms with Gasteiger partial charge in [-0.05, 0) is 56.6 Å². The summed E-state index contributed by atoms with van der Waals surface area (Å²) < 4.78 is 6.21. The Balaban J connectivity index is 1.34. The number of carbonyl (C=O) groups excluding carboxylic acids is 2. The first-order chi connectivity index (χ1) is 18.2. The topological polar surface area (TPSA) is 46.6 Å². The number of amides is 2. The van der Waals surface area contributed by atoms with E-state index >= 15 is 0 Å². The molecule has 5 aromatic rings. The maximum atomic E-state index is 13.5. The maximum absolute atomic E-state index is 13.5. The molecule has 1 aliphatic rings. The first-order valence-corrected chi connectivity index (χ1v) is 12.9. The van der Waals surface area contributed by atoms with Gasteiger partial charge < -0.3 is 4.74 Å². The number of rotatable bonds is 6. The lowest BCUT2D eigenvalue weighted by molar-refractivity contribution is -0.123. The van der Waals surface area contributed by atoms with Crippen molar-refractivity contribution < 1.29 is 14.3 Å². The summed E-state index contributed by atoms with van der Waals surface area (Å²) in [5.41, 5.74) is 2.79. The molecule has 0 atom stereocenters. The first-order valence-electron chi connectivity index (χ1n) is 12.1. The van der Waals surface area contributed by atoms with E-state index in [9.17, 15) is 9.59 Å². The van der Waals surface area contributed by atoms with Gasteiger partial charge in [0.2, 0.25) is 0 Å². The molecule has 180 valence electrons. The highest BCUT2D eigenvalue weighted by molar-refractivity contribution is 8.18. The molecular formula is C32H23NO3S. The Bertz CT molecular complexity index is 1670. The van der Waals surface area contributed by atoms with Crippen molar-refractivity contribution in [3.63, 3.8) is 0 Å². The third kappa shape index (κ3) is 4.61. The predicted molar refractivity (Wildman–Crippen MR) is 150 cm³/mol. The Morgan fingerprint density at radius 3 is 2.19 bits per heavy atom. The van der Waals surface area contributed by atoms with E-state index in [-0.39, 0.29) is 17.7 Å². The van der Waals surface area contributed by atoms with Crippen molar-refractivity contribution >= 4 is 50.5 Å². The van der Waals surface area contributed by atoms with Crippen molar-refractivity contribution in [2.75, 3.05) is 0 Å². The van der Waals surface area contributed by atoms with E-state index in [1.54, 1.807) is 6.08 Å². The van der Waals surface area contributed by atoms with E-state index in [1.165, 1.54) is 4.90 Å². The summed E-state index contributed by atoms with van der Waals surface area (Å²) >= 11 is 0.976. The molecule has 0 bridgehead atoms. The van der Waals surface area contributed by atoms with Crippen LogP contribution >= 0.6 is 11.8 Å². The van der Waals surface area contributed by atoms with Gasteiger partial charge in [-0.3, -0.25) is 14.5 Å². The molecule has 0 N–H and O–H groups in total. The normalized spacial score (nSPS) is 14.7. The molecule has 5 heteroatoms. The number of ether oxygens (including phenoxy) is 1. The van der Waals surface area contributed by atoms with Crippen LogP contribution in [0.25, 0.3) is 27.6 Å². The third-order valence-corrected chi connectivity index (χ3v) is 7.43. The Labute approximate surface area is 219 Å². The van der Waals surface area contributed by atoms with Crippen molar-refractivity contribution in [2.45, 2.75) is 13.2 Å². The van der Waals surface area contributed by atoms with Crippen molar-refractivity contribution in [2.24, 2.45) is 0 Å². The number of imide groups is 1. The second-order valence-electron chi connectivity index (χ2n) is 8.88. The van der Waals surface area contributed by atoms with Crippen LogP contribution < -0.4 is 4.74 Å². The van der Waals surface area contributed by atoms with Crippen LogP contribution in [0.15, 0.2) is 114 Å². The lowest BCUT2D eigenvalue weighted by atomic mass is 10.0. The molecule has 0 saturated carbocycles. The van der Waals surface area contributed by atoms with E-state index in [0.717, 1.165) is 50.0 Å². The van der Waals surface area contributed by atoms with Crippen LogP contribution in [0.4, 0.5) is 4.79 Å². The Hall–Kier alpha value is -4.35. The highest BCUT2D eigenvalue weighted by atomic mass is 32.2. The summed E-state index contributed by atoms with van der Waals surface area (Å²) in [6.45, 7) is 0.638. The van der Waals surface area contributed by atoms with Crippen molar-refractivity contribution in [3.8, 4) is 5.75 Å². The van der Waals surface area contributed by atoms with Crippen LogP contribution in [0.5, 0.6) is 5.75 Å². The zero-order valence-corrected chi connectivity index (χ0v) is 20.8. The van der Waals surface area contributed by atoms with E-state index in [4.69, 9.17) is 4.74 Å². The molecule has 2 amide bonds. The number of hydrogen-bond donors (Lipinski definition) is 0. The van der Waals surface area contributed by atoms with Crippen LogP contribution in [0.2, 0.25) is 0 Å². The molecule has 4 nitrogen and oxygen atoms in total. The Morgan fingerprint density at radius 1 is 0.703 bits per heavy atom. The number of thioether (sulfide) groups is 1. The molecule has 5 aromatic carbocycles. The summed E-state index contributed by atoms with van der Waals surface area (Å²) in [4.78, 5) is 28.2. The second kappa shape index (κ2) is 9.96. The fourth-order valence-corrected chi connectivity index (χ4v) is 5.47. The number of carbonyl (C=O) groups is 2. The summed E-state index contributed by atoms with van der Waals surface area (Å²) in [5.74, 6) is 0.383. The maximum Gasteiger partial charge on any atom is 0.293 e. The summed E-state index contributed by atoms with van der Waals surface area (Å²) in [6.07, 6.45) is 1.80. The second-order valence-corrected chi connectivity index (χ2v) is 9.87. The molecule has 0 unspecified atom stereocenters. The van der Waals surface area contributed by atoms with E-state index in [0.29, 0.717) is 17.3 Å². The van der Waals surface area contributed by atoms with Crippen LogP contribution in [0.3, 0.4) is 0 Å². The fourth-order valence-electron chi connectivity index (χ4n) is 4.65. The monoisotopic (exact) mass is 501 g/mol. The summed E-state index contributed by atoms with van der Waals surface area (Å²) in [7, 11) is 0.